The van der Waals surface area contributed by atoms with Gasteiger partial charge in [0.05, 0.1) is 18.4 Å². The normalized spacial score (nSPS) is 10.9. The van der Waals surface area contributed by atoms with Crippen LogP contribution in [-0.4, -0.2) is 36.3 Å². The molecule has 0 atom stereocenters. The summed E-state index contributed by atoms with van der Waals surface area (Å²) in [5, 5.41) is 4.97. The molecular weight excluding hydrogens is 346 g/mol. The van der Waals surface area contributed by atoms with Gasteiger partial charge in [0.1, 0.15) is 5.75 Å². The van der Waals surface area contributed by atoms with Crippen LogP contribution >= 0.6 is 0 Å². The molecule has 7 heteroatoms. The third kappa shape index (κ3) is 4.72. The Morgan fingerprint density at radius 3 is 2.70 bits per heavy atom. The lowest BCUT2D eigenvalue weighted by atomic mass is 10.2. The summed E-state index contributed by atoms with van der Waals surface area (Å²) < 4.78 is 10.3. The number of aromatic nitrogens is 1. The fourth-order valence-electron chi connectivity index (χ4n) is 2.46. The van der Waals surface area contributed by atoms with E-state index in [1.165, 1.54) is 0 Å². The van der Waals surface area contributed by atoms with Gasteiger partial charge in [-0.05, 0) is 37.3 Å². The van der Waals surface area contributed by atoms with Crippen molar-refractivity contribution in [2.75, 3.05) is 13.2 Å². The van der Waals surface area contributed by atoms with Gasteiger partial charge < -0.3 is 14.5 Å². The van der Waals surface area contributed by atoms with Gasteiger partial charge in [-0.3, -0.25) is 4.79 Å². The van der Waals surface area contributed by atoms with Gasteiger partial charge in [0, 0.05) is 22.7 Å². The molecule has 0 saturated carbocycles. The first kappa shape index (κ1) is 18.2. The zero-order valence-electron chi connectivity index (χ0n) is 14.8. The summed E-state index contributed by atoms with van der Waals surface area (Å²) in [6, 6.07) is 14.2. The van der Waals surface area contributed by atoms with Crippen LogP contribution in [0.4, 0.5) is 0 Å². The van der Waals surface area contributed by atoms with E-state index in [0.717, 1.165) is 16.5 Å². The van der Waals surface area contributed by atoms with Crippen LogP contribution in [0.15, 0.2) is 59.8 Å². The summed E-state index contributed by atoms with van der Waals surface area (Å²) in [6.45, 7) is 1.87. The number of aromatic amines is 1. The monoisotopic (exact) mass is 365 g/mol. The Morgan fingerprint density at radius 1 is 1.15 bits per heavy atom. The zero-order valence-corrected chi connectivity index (χ0v) is 14.8. The SMILES string of the molecule is CCOC(=O)c1ccc(OCC(=O)NN=Cc2c[nH]c3ccccc23)cc1. The molecule has 2 aromatic carbocycles. The number of hydrogen-bond acceptors (Lipinski definition) is 5. The van der Waals surface area contributed by atoms with Crippen molar-refractivity contribution >= 4 is 29.0 Å². The second-order valence-corrected chi connectivity index (χ2v) is 5.62. The first-order valence-electron chi connectivity index (χ1n) is 8.45. The van der Waals surface area contributed by atoms with Gasteiger partial charge in [-0.1, -0.05) is 18.2 Å². The summed E-state index contributed by atoms with van der Waals surface area (Å²) >= 11 is 0. The van der Waals surface area contributed by atoms with Crippen LogP contribution in [0.3, 0.4) is 0 Å². The van der Waals surface area contributed by atoms with Crippen molar-refractivity contribution in [3.63, 3.8) is 0 Å². The summed E-state index contributed by atoms with van der Waals surface area (Å²) in [5.41, 5.74) is 4.72. The van der Waals surface area contributed by atoms with Gasteiger partial charge >= 0.3 is 5.97 Å². The topological polar surface area (TPSA) is 92.8 Å². The van der Waals surface area contributed by atoms with Crippen molar-refractivity contribution < 1.29 is 19.1 Å². The summed E-state index contributed by atoms with van der Waals surface area (Å²) in [4.78, 5) is 26.5. The molecule has 1 heterocycles. The maximum atomic E-state index is 11.8. The number of nitrogens with one attached hydrogen (secondary N) is 2. The van der Waals surface area contributed by atoms with Crippen molar-refractivity contribution in [2.45, 2.75) is 6.92 Å². The second kappa shape index (κ2) is 8.66. The molecule has 0 aliphatic rings. The lowest BCUT2D eigenvalue weighted by Crippen LogP contribution is -2.24. The molecule has 138 valence electrons. The third-order valence-electron chi connectivity index (χ3n) is 3.75. The van der Waals surface area contributed by atoms with Crippen molar-refractivity contribution in [3.05, 3.63) is 65.9 Å². The molecule has 0 bridgehead atoms. The molecule has 1 amide bonds. The molecule has 0 saturated heterocycles. The number of fused-ring (bicyclic) bond motifs is 1. The highest BCUT2D eigenvalue weighted by molar-refractivity contribution is 5.99. The quantitative estimate of drug-likeness (QED) is 0.382. The van der Waals surface area contributed by atoms with E-state index in [2.05, 4.69) is 15.5 Å². The van der Waals surface area contributed by atoms with Crippen LogP contribution in [0.2, 0.25) is 0 Å². The molecule has 0 unspecified atom stereocenters. The highest BCUT2D eigenvalue weighted by atomic mass is 16.5. The van der Waals surface area contributed by atoms with Crippen LogP contribution in [-0.2, 0) is 9.53 Å². The van der Waals surface area contributed by atoms with E-state index < -0.39 is 5.97 Å². The first-order valence-corrected chi connectivity index (χ1v) is 8.45. The average Bonchev–Trinajstić information content (AvgIpc) is 3.10. The lowest BCUT2D eigenvalue weighted by molar-refractivity contribution is -0.123. The smallest absolute Gasteiger partial charge is 0.338 e. The predicted molar refractivity (Wildman–Crippen MR) is 102 cm³/mol. The van der Waals surface area contributed by atoms with Crippen LogP contribution in [0.1, 0.15) is 22.8 Å². The van der Waals surface area contributed by atoms with E-state index in [0.29, 0.717) is 17.9 Å². The Kier molecular flexibility index (Phi) is 5.84. The summed E-state index contributed by atoms with van der Waals surface area (Å²) in [5.74, 6) is -0.312. The number of hydrazone groups is 1. The van der Waals surface area contributed by atoms with Crippen molar-refractivity contribution in [2.24, 2.45) is 5.10 Å². The minimum Gasteiger partial charge on any atom is -0.484 e. The van der Waals surface area contributed by atoms with Gasteiger partial charge in [0.25, 0.3) is 5.91 Å². The molecule has 2 N–H and O–H groups in total. The third-order valence-corrected chi connectivity index (χ3v) is 3.75. The standard InChI is InChI=1S/C20H19N3O4/c1-2-26-20(25)14-7-9-16(10-8-14)27-13-19(24)23-22-12-15-11-21-18-6-4-3-5-17(15)18/h3-12,21H,2,13H2,1H3,(H,23,24). The lowest BCUT2D eigenvalue weighted by Gasteiger charge is -2.06. The number of carbonyl (C=O) groups is 2. The first-order chi connectivity index (χ1) is 13.2. The molecule has 0 spiro atoms. The number of H-pyrrole nitrogens is 1. The van der Waals surface area contributed by atoms with E-state index >= 15 is 0 Å². The fourth-order valence-corrected chi connectivity index (χ4v) is 2.46. The van der Waals surface area contributed by atoms with Gasteiger partial charge in [-0.15, -0.1) is 0 Å². The Balaban J connectivity index is 1.49. The Bertz CT molecular complexity index is 961. The Labute approximate surface area is 156 Å². The van der Waals surface area contributed by atoms with Gasteiger partial charge in [-0.2, -0.15) is 5.10 Å². The molecule has 0 radical (unpaired) electrons. The minimum atomic E-state index is -0.395. The van der Waals surface area contributed by atoms with Gasteiger partial charge in [0.15, 0.2) is 6.61 Å². The molecule has 3 aromatic rings. The average molecular weight is 365 g/mol. The predicted octanol–water partition coefficient (Wildman–Crippen LogP) is 2.87. The van der Waals surface area contributed by atoms with Crippen molar-refractivity contribution in [3.8, 4) is 5.75 Å². The number of rotatable bonds is 7. The highest BCUT2D eigenvalue weighted by Crippen LogP contribution is 2.15. The van der Waals surface area contributed by atoms with E-state index in [-0.39, 0.29) is 12.5 Å². The van der Waals surface area contributed by atoms with Crippen LogP contribution in [0.25, 0.3) is 10.9 Å². The Morgan fingerprint density at radius 2 is 1.93 bits per heavy atom. The highest BCUT2D eigenvalue weighted by Gasteiger charge is 2.07. The molecule has 0 fully saturated rings. The van der Waals surface area contributed by atoms with Gasteiger partial charge in [-0.25, -0.2) is 10.2 Å². The largest absolute Gasteiger partial charge is 0.484 e. The number of benzene rings is 2. The molecule has 0 aliphatic heterocycles. The maximum Gasteiger partial charge on any atom is 0.338 e. The number of ether oxygens (including phenoxy) is 2. The molecule has 7 nitrogen and oxygen atoms in total. The van der Waals surface area contributed by atoms with E-state index in [1.807, 2.05) is 30.5 Å². The minimum absolute atomic E-state index is 0.190. The van der Waals surface area contributed by atoms with Crippen molar-refractivity contribution in [1.82, 2.24) is 10.4 Å². The maximum absolute atomic E-state index is 11.8. The molecule has 3 rings (SSSR count). The van der Waals surface area contributed by atoms with Crippen LogP contribution in [0.5, 0.6) is 5.75 Å². The number of hydrogen-bond donors (Lipinski definition) is 2. The summed E-state index contributed by atoms with van der Waals surface area (Å²) in [6.07, 6.45) is 3.40. The van der Waals surface area contributed by atoms with E-state index in [9.17, 15) is 9.59 Å². The molecule has 1 aromatic heterocycles. The van der Waals surface area contributed by atoms with Gasteiger partial charge in [0.2, 0.25) is 0 Å². The van der Waals surface area contributed by atoms with E-state index in [4.69, 9.17) is 9.47 Å². The molecular formula is C20H19N3O4. The number of carbonyl (C=O) groups excluding carboxylic acids is 2. The molecule has 0 aliphatic carbocycles. The fraction of sp³-hybridized carbons (Fsp3) is 0.150. The van der Waals surface area contributed by atoms with Crippen LogP contribution < -0.4 is 10.2 Å². The molecule has 27 heavy (non-hydrogen) atoms. The number of amides is 1. The summed E-state index contributed by atoms with van der Waals surface area (Å²) in [7, 11) is 0. The number of nitrogens with zero attached hydrogens (tertiary/aromatic N) is 1. The van der Waals surface area contributed by atoms with Crippen LogP contribution in [0, 0.1) is 0 Å². The zero-order chi connectivity index (χ0) is 19.1. The number of esters is 1. The van der Waals surface area contributed by atoms with Crippen molar-refractivity contribution in [1.29, 1.82) is 0 Å². The Hall–Kier alpha value is -3.61. The number of para-hydroxylation sites is 1. The van der Waals surface area contributed by atoms with E-state index in [1.54, 1.807) is 37.4 Å². The second-order valence-electron chi connectivity index (χ2n) is 5.62.